The van der Waals surface area contributed by atoms with Gasteiger partial charge in [0.2, 0.25) is 0 Å². The van der Waals surface area contributed by atoms with Gasteiger partial charge in [-0.1, -0.05) is 30.3 Å². The maximum absolute atomic E-state index is 12.0. The van der Waals surface area contributed by atoms with Gasteiger partial charge in [0.1, 0.15) is 5.75 Å². The summed E-state index contributed by atoms with van der Waals surface area (Å²) in [5.41, 5.74) is 4.98. The number of amides is 1. The summed E-state index contributed by atoms with van der Waals surface area (Å²) in [5.74, 6) is 0.840. The molecule has 1 aromatic heterocycles. The third-order valence-electron chi connectivity index (χ3n) is 7.98. The molecule has 2 fully saturated rings. The first kappa shape index (κ1) is 23.1. The topological polar surface area (TPSA) is 76.8 Å². The van der Waals surface area contributed by atoms with Crippen LogP contribution in [-0.4, -0.2) is 39.2 Å². The summed E-state index contributed by atoms with van der Waals surface area (Å²) in [6.45, 7) is 2.61. The Labute approximate surface area is 211 Å². The van der Waals surface area contributed by atoms with E-state index < -0.39 is 6.09 Å². The summed E-state index contributed by atoms with van der Waals surface area (Å²) in [6, 6.07) is 14.5. The molecule has 7 nitrogen and oxygen atoms in total. The van der Waals surface area contributed by atoms with Crippen LogP contribution in [0.15, 0.2) is 54.9 Å². The molecule has 36 heavy (non-hydrogen) atoms. The lowest BCUT2D eigenvalue weighted by atomic mass is 9.89. The lowest BCUT2D eigenvalue weighted by Crippen LogP contribution is -2.41. The summed E-state index contributed by atoms with van der Waals surface area (Å²) in [4.78, 5) is 13.5. The quantitative estimate of drug-likeness (QED) is 0.428. The van der Waals surface area contributed by atoms with Crippen LogP contribution in [0.3, 0.4) is 0 Å². The van der Waals surface area contributed by atoms with Gasteiger partial charge in [-0.2, -0.15) is 5.10 Å². The second kappa shape index (κ2) is 9.62. The highest BCUT2D eigenvalue weighted by Gasteiger charge is 2.34. The number of carbonyl (C=O) groups is 1. The summed E-state index contributed by atoms with van der Waals surface area (Å²) in [5, 5.41) is 14.5. The van der Waals surface area contributed by atoms with E-state index in [0.717, 1.165) is 66.7 Å². The molecule has 2 aliphatic carbocycles. The second-order valence-corrected chi connectivity index (χ2v) is 10.4. The molecule has 0 saturated heterocycles. The highest BCUT2D eigenvalue weighted by atomic mass is 16.5. The van der Waals surface area contributed by atoms with Gasteiger partial charge in [0, 0.05) is 28.9 Å². The fraction of sp³-hybridized carbons (Fsp3) is 0.448. The SMILES string of the molecule is CC1CCc2c(ccc(-c3cnn(C4CC(OCc5ccccc5)C4)c3)c2OC2CCC2)N1C(=O)O. The molecule has 3 aromatic rings. The second-order valence-electron chi connectivity index (χ2n) is 10.4. The molecule has 2 saturated carbocycles. The molecule has 0 radical (unpaired) electrons. The molecular weight excluding hydrogens is 454 g/mol. The van der Waals surface area contributed by atoms with Crippen LogP contribution < -0.4 is 9.64 Å². The van der Waals surface area contributed by atoms with Crippen LogP contribution in [0.1, 0.15) is 62.6 Å². The predicted octanol–water partition coefficient (Wildman–Crippen LogP) is 6.22. The van der Waals surface area contributed by atoms with E-state index in [2.05, 4.69) is 23.0 Å². The van der Waals surface area contributed by atoms with Crippen molar-refractivity contribution in [2.75, 3.05) is 4.90 Å². The highest BCUT2D eigenvalue weighted by molar-refractivity contribution is 5.91. The van der Waals surface area contributed by atoms with Crippen molar-refractivity contribution in [1.29, 1.82) is 0 Å². The first-order valence-electron chi connectivity index (χ1n) is 13.1. The Balaban J connectivity index is 1.21. The molecule has 1 aliphatic heterocycles. The van der Waals surface area contributed by atoms with Gasteiger partial charge in [-0.3, -0.25) is 9.58 Å². The van der Waals surface area contributed by atoms with E-state index in [1.807, 2.05) is 43.5 Å². The molecule has 3 aliphatic rings. The molecule has 2 aromatic carbocycles. The molecule has 7 heteroatoms. The summed E-state index contributed by atoms with van der Waals surface area (Å²) >= 11 is 0. The lowest BCUT2D eigenvalue weighted by Gasteiger charge is -2.36. The number of ether oxygens (including phenoxy) is 2. The van der Waals surface area contributed by atoms with E-state index >= 15 is 0 Å². The maximum Gasteiger partial charge on any atom is 0.412 e. The number of fused-ring (bicyclic) bond motifs is 1. The van der Waals surface area contributed by atoms with Crippen LogP contribution in [0, 0.1) is 0 Å². The minimum absolute atomic E-state index is 0.0455. The first-order valence-corrected chi connectivity index (χ1v) is 13.1. The predicted molar refractivity (Wildman–Crippen MR) is 138 cm³/mol. The first-order chi connectivity index (χ1) is 17.6. The van der Waals surface area contributed by atoms with Gasteiger partial charge in [0.25, 0.3) is 0 Å². The summed E-state index contributed by atoms with van der Waals surface area (Å²) in [6.07, 6.45) is 10.4. The lowest BCUT2D eigenvalue weighted by molar-refractivity contribution is -0.0383. The number of benzene rings is 2. The fourth-order valence-electron chi connectivity index (χ4n) is 5.47. The molecule has 1 unspecified atom stereocenters. The monoisotopic (exact) mass is 487 g/mol. The van der Waals surface area contributed by atoms with Crippen LogP contribution in [0.5, 0.6) is 5.75 Å². The van der Waals surface area contributed by atoms with Gasteiger partial charge in [-0.15, -0.1) is 0 Å². The number of hydrogen-bond donors (Lipinski definition) is 1. The number of anilines is 1. The zero-order valence-electron chi connectivity index (χ0n) is 20.7. The van der Waals surface area contributed by atoms with Crippen molar-refractivity contribution in [3.05, 3.63) is 66.0 Å². The molecule has 188 valence electrons. The van der Waals surface area contributed by atoms with Crippen LogP contribution in [0.25, 0.3) is 11.1 Å². The van der Waals surface area contributed by atoms with E-state index in [1.165, 1.54) is 16.9 Å². The smallest absolute Gasteiger partial charge is 0.412 e. The zero-order valence-corrected chi connectivity index (χ0v) is 20.7. The molecule has 6 rings (SSSR count). The number of carboxylic acid groups (broad SMARTS) is 1. The van der Waals surface area contributed by atoms with Crippen LogP contribution in [-0.2, 0) is 17.8 Å². The van der Waals surface area contributed by atoms with Gasteiger partial charge in [0.05, 0.1) is 36.7 Å². The Morgan fingerprint density at radius 1 is 1.08 bits per heavy atom. The number of rotatable bonds is 7. The van der Waals surface area contributed by atoms with Crippen LogP contribution >= 0.6 is 0 Å². The number of aromatic nitrogens is 2. The minimum atomic E-state index is -0.910. The van der Waals surface area contributed by atoms with E-state index in [9.17, 15) is 9.90 Å². The third kappa shape index (κ3) is 4.37. The molecule has 0 spiro atoms. The molecule has 1 atom stereocenters. The molecule has 1 N–H and O–H groups in total. The average molecular weight is 488 g/mol. The fourth-order valence-corrected chi connectivity index (χ4v) is 5.47. The van der Waals surface area contributed by atoms with Crippen molar-refractivity contribution >= 4 is 11.8 Å². The van der Waals surface area contributed by atoms with Crippen molar-refractivity contribution in [1.82, 2.24) is 9.78 Å². The highest BCUT2D eigenvalue weighted by Crippen LogP contribution is 2.45. The van der Waals surface area contributed by atoms with Gasteiger partial charge < -0.3 is 14.6 Å². The van der Waals surface area contributed by atoms with Crippen LogP contribution in [0.2, 0.25) is 0 Å². The van der Waals surface area contributed by atoms with E-state index in [-0.39, 0.29) is 18.2 Å². The van der Waals surface area contributed by atoms with Crippen molar-refractivity contribution in [3.8, 4) is 16.9 Å². The average Bonchev–Trinajstić information content (AvgIpc) is 3.29. The Kier molecular flexibility index (Phi) is 6.17. The Bertz CT molecular complexity index is 1230. The van der Waals surface area contributed by atoms with Crippen molar-refractivity contribution in [3.63, 3.8) is 0 Å². The van der Waals surface area contributed by atoms with Gasteiger partial charge in [-0.05, 0) is 69.6 Å². The maximum atomic E-state index is 12.0. The van der Waals surface area contributed by atoms with E-state index in [1.54, 1.807) is 0 Å². The Morgan fingerprint density at radius 3 is 2.61 bits per heavy atom. The summed E-state index contributed by atoms with van der Waals surface area (Å²) < 4.78 is 14.6. The Morgan fingerprint density at radius 2 is 1.89 bits per heavy atom. The van der Waals surface area contributed by atoms with Gasteiger partial charge >= 0.3 is 6.09 Å². The van der Waals surface area contributed by atoms with E-state index in [0.29, 0.717) is 12.6 Å². The molecular formula is C29H33N3O4. The van der Waals surface area contributed by atoms with Crippen LogP contribution in [0.4, 0.5) is 10.5 Å². The summed E-state index contributed by atoms with van der Waals surface area (Å²) in [7, 11) is 0. The number of nitrogens with zero attached hydrogens (tertiary/aromatic N) is 3. The normalized spacial score (nSPS) is 23.5. The minimum Gasteiger partial charge on any atom is -0.489 e. The van der Waals surface area contributed by atoms with Crippen molar-refractivity contribution in [2.45, 2.75) is 82.8 Å². The zero-order chi connectivity index (χ0) is 24.6. The van der Waals surface area contributed by atoms with E-state index in [4.69, 9.17) is 14.6 Å². The Hall–Kier alpha value is -3.32. The standard InChI is InChI=1S/C29H33N3O4/c1-19-10-11-26-27(32(19)29(33)34)13-12-25(28(26)36-23-8-5-9-23)21-16-30-31(17-21)22-14-24(15-22)35-18-20-6-3-2-4-7-20/h2-4,6-7,12-13,16-17,19,22-24H,5,8-11,14-15,18H2,1H3,(H,33,34). The largest absolute Gasteiger partial charge is 0.489 e. The third-order valence-corrected chi connectivity index (χ3v) is 7.98. The molecule has 2 heterocycles. The van der Waals surface area contributed by atoms with Gasteiger partial charge in [0.15, 0.2) is 0 Å². The number of hydrogen-bond acceptors (Lipinski definition) is 4. The van der Waals surface area contributed by atoms with Gasteiger partial charge in [-0.25, -0.2) is 4.79 Å². The van der Waals surface area contributed by atoms with Crippen molar-refractivity contribution < 1.29 is 19.4 Å². The van der Waals surface area contributed by atoms with Crippen molar-refractivity contribution in [2.24, 2.45) is 0 Å². The molecule has 1 amide bonds. The molecule has 0 bridgehead atoms.